The molecule has 1 atom stereocenters. The molecule has 2 aromatic rings. The average molecular weight is 363 g/mol. The fourth-order valence-corrected chi connectivity index (χ4v) is 4.92. The molecule has 2 aromatic carbocycles. The molecular weight excluding hydrogens is 341 g/mol. The molecule has 134 valence electrons. The first-order valence-electron chi connectivity index (χ1n) is 8.32. The minimum absolute atomic E-state index is 0.162. The van der Waals surface area contributed by atoms with E-state index in [-0.39, 0.29) is 17.4 Å². The van der Waals surface area contributed by atoms with Gasteiger partial charge >= 0.3 is 0 Å². The zero-order valence-corrected chi connectivity index (χ0v) is 15.2. The molecule has 0 N–H and O–H groups in total. The second-order valence-corrected chi connectivity index (χ2v) is 8.27. The summed E-state index contributed by atoms with van der Waals surface area (Å²) in [6.45, 7) is 1.92. The Morgan fingerprint density at radius 3 is 2.36 bits per heavy atom. The Labute approximate surface area is 148 Å². The summed E-state index contributed by atoms with van der Waals surface area (Å²) in [6.07, 6.45) is 2.03. The number of anilines is 1. The van der Waals surface area contributed by atoms with Crippen molar-refractivity contribution in [1.29, 1.82) is 0 Å². The van der Waals surface area contributed by atoms with Crippen molar-refractivity contribution in [2.45, 2.75) is 31.6 Å². The van der Waals surface area contributed by atoms with Crippen molar-refractivity contribution >= 4 is 15.7 Å². The van der Waals surface area contributed by atoms with Gasteiger partial charge < -0.3 is 4.74 Å². The maximum Gasteiger partial charge on any atom is 0.239 e. The summed E-state index contributed by atoms with van der Waals surface area (Å²) in [5.41, 5.74) is 0.764. The van der Waals surface area contributed by atoms with Crippen LogP contribution in [0.25, 0.3) is 0 Å². The van der Waals surface area contributed by atoms with Crippen molar-refractivity contribution in [1.82, 2.24) is 0 Å². The van der Waals surface area contributed by atoms with Gasteiger partial charge in [0.15, 0.2) is 0 Å². The van der Waals surface area contributed by atoms with Crippen molar-refractivity contribution in [2.24, 2.45) is 5.92 Å². The Morgan fingerprint density at radius 2 is 1.80 bits per heavy atom. The quantitative estimate of drug-likeness (QED) is 0.748. The van der Waals surface area contributed by atoms with Gasteiger partial charge in [0, 0.05) is 11.6 Å². The lowest BCUT2D eigenvalue weighted by Crippen LogP contribution is -2.40. The average Bonchev–Trinajstić information content (AvgIpc) is 3.42. The molecule has 1 unspecified atom stereocenters. The number of hydrogen-bond donors (Lipinski definition) is 0. The lowest BCUT2D eigenvalue weighted by Gasteiger charge is -2.31. The molecule has 0 radical (unpaired) electrons. The molecule has 0 amide bonds. The van der Waals surface area contributed by atoms with Gasteiger partial charge in [-0.15, -0.1) is 0 Å². The molecule has 0 bridgehead atoms. The molecule has 6 heteroatoms. The van der Waals surface area contributed by atoms with E-state index in [1.165, 1.54) is 16.4 Å². The Balaban J connectivity index is 1.96. The molecular formula is C19H22FNO3S. The third-order valence-corrected chi connectivity index (χ3v) is 6.41. The van der Waals surface area contributed by atoms with Gasteiger partial charge in [0.05, 0.1) is 18.6 Å². The number of methoxy groups -OCH3 is 1. The number of sulfonamides is 1. The van der Waals surface area contributed by atoms with E-state index in [1.807, 2.05) is 6.92 Å². The van der Waals surface area contributed by atoms with Crippen LogP contribution in [-0.4, -0.2) is 21.6 Å². The molecule has 1 fully saturated rings. The van der Waals surface area contributed by atoms with E-state index >= 15 is 0 Å². The van der Waals surface area contributed by atoms with Crippen molar-refractivity contribution in [3.63, 3.8) is 0 Å². The largest absolute Gasteiger partial charge is 0.497 e. The highest BCUT2D eigenvalue weighted by Crippen LogP contribution is 2.39. The van der Waals surface area contributed by atoms with Gasteiger partial charge in [-0.3, -0.25) is 4.31 Å². The van der Waals surface area contributed by atoms with E-state index in [0.29, 0.717) is 17.4 Å². The van der Waals surface area contributed by atoms with Gasteiger partial charge in [-0.2, -0.15) is 0 Å². The molecule has 25 heavy (non-hydrogen) atoms. The number of ether oxygens (including phenoxy) is 1. The van der Waals surface area contributed by atoms with Crippen LogP contribution in [0.1, 0.15) is 25.3 Å². The minimum atomic E-state index is -3.72. The summed E-state index contributed by atoms with van der Waals surface area (Å²) >= 11 is 0. The van der Waals surface area contributed by atoms with Crippen LogP contribution in [0.2, 0.25) is 0 Å². The Kier molecular flexibility index (Phi) is 4.99. The van der Waals surface area contributed by atoms with Crippen LogP contribution in [0.15, 0.2) is 48.5 Å². The normalized spacial score (nSPS) is 15.6. The third-order valence-electron chi connectivity index (χ3n) is 4.60. The van der Waals surface area contributed by atoms with Crippen LogP contribution < -0.4 is 9.04 Å². The molecule has 1 aliphatic carbocycles. The van der Waals surface area contributed by atoms with Gasteiger partial charge in [-0.1, -0.05) is 18.2 Å². The van der Waals surface area contributed by atoms with Gasteiger partial charge in [0.25, 0.3) is 0 Å². The van der Waals surface area contributed by atoms with Crippen LogP contribution in [0.5, 0.6) is 5.75 Å². The predicted octanol–water partition coefficient (Wildman–Crippen LogP) is 3.97. The van der Waals surface area contributed by atoms with Gasteiger partial charge in [-0.25, -0.2) is 12.8 Å². The lowest BCUT2D eigenvalue weighted by molar-refractivity contribution is 0.415. The number of nitrogens with zero attached hydrogens (tertiary/aromatic N) is 1. The minimum Gasteiger partial charge on any atom is -0.497 e. The van der Waals surface area contributed by atoms with Crippen LogP contribution in [0, 0.1) is 11.7 Å². The van der Waals surface area contributed by atoms with E-state index in [4.69, 9.17) is 4.74 Å². The number of rotatable bonds is 7. The van der Waals surface area contributed by atoms with E-state index in [2.05, 4.69) is 0 Å². The third kappa shape index (κ3) is 3.95. The fourth-order valence-electron chi connectivity index (χ4n) is 3.03. The first kappa shape index (κ1) is 17.7. The topological polar surface area (TPSA) is 46.6 Å². The van der Waals surface area contributed by atoms with Crippen molar-refractivity contribution in [3.05, 3.63) is 59.9 Å². The first-order chi connectivity index (χ1) is 11.9. The van der Waals surface area contributed by atoms with Crippen LogP contribution >= 0.6 is 0 Å². The summed E-state index contributed by atoms with van der Waals surface area (Å²) in [5, 5.41) is 0. The predicted molar refractivity (Wildman–Crippen MR) is 96.7 cm³/mol. The smallest absolute Gasteiger partial charge is 0.239 e. The highest BCUT2D eigenvalue weighted by Gasteiger charge is 2.38. The molecule has 0 saturated heterocycles. The molecule has 1 aliphatic rings. The van der Waals surface area contributed by atoms with Crippen LogP contribution in [0.3, 0.4) is 0 Å². The zero-order chi connectivity index (χ0) is 18.0. The van der Waals surface area contributed by atoms with Crippen molar-refractivity contribution < 1.29 is 17.5 Å². The Morgan fingerprint density at radius 1 is 1.16 bits per heavy atom. The summed E-state index contributed by atoms with van der Waals surface area (Å²) in [4.78, 5) is 0. The number of benzene rings is 2. The Bertz CT molecular complexity index is 832. The highest BCUT2D eigenvalue weighted by atomic mass is 32.2. The highest BCUT2D eigenvalue weighted by molar-refractivity contribution is 7.92. The number of halogens is 1. The number of hydrogen-bond acceptors (Lipinski definition) is 3. The fraction of sp³-hybridized carbons (Fsp3) is 0.368. The van der Waals surface area contributed by atoms with Gasteiger partial charge in [0.1, 0.15) is 11.6 Å². The van der Waals surface area contributed by atoms with E-state index < -0.39 is 15.8 Å². The standard InChI is InChI=1S/C19H22FNO3S/c1-14(15-7-8-15)21(17-9-11-18(24-2)12-10-17)25(22,23)13-16-5-3-4-6-19(16)20/h3-6,9-12,14-15H,7-8,13H2,1-2H3. The van der Waals surface area contributed by atoms with Crippen LogP contribution in [0.4, 0.5) is 10.1 Å². The molecule has 1 saturated carbocycles. The van der Waals surface area contributed by atoms with Crippen molar-refractivity contribution in [2.75, 3.05) is 11.4 Å². The molecule has 0 aromatic heterocycles. The SMILES string of the molecule is COc1ccc(N(C(C)C2CC2)S(=O)(=O)Cc2ccccc2F)cc1. The molecule has 0 spiro atoms. The Hall–Kier alpha value is -2.08. The summed E-state index contributed by atoms with van der Waals surface area (Å²) in [6, 6.07) is 12.8. The van der Waals surface area contributed by atoms with Gasteiger partial charge in [-0.05, 0) is 56.0 Å². The molecule has 3 rings (SSSR count). The van der Waals surface area contributed by atoms with Crippen molar-refractivity contribution in [3.8, 4) is 5.75 Å². The maximum atomic E-state index is 14.0. The molecule has 4 nitrogen and oxygen atoms in total. The second kappa shape index (κ2) is 7.04. The second-order valence-electron chi connectivity index (χ2n) is 6.42. The van der Waals surface area contributed by atoms with Crippen LogP contribution in [-0.2, 0) is 15.8 Å². The molecule has 0 heterocycles. The van der Waals surface area contributed by atoms with Gasteiger partial charge in [0.2, 0.25) is 10.0 Å². The van der Waals surface area contributed by atoms with E-state index in [0.717, 1.165) is 12.8 Å². The monoisotopic (exact) mass is 363 g/mol. The lowest BCUT2D eigenvalue weighted by atomic mass is 10.2. The molecule has 0 aliphatic heterocycles. The maximum absolute atomic E-state index is 14.0. The van der Waals surface area contributed by atoms with E-state index in [1.54, 1.807) is 43.5 Å². The first-order valence-corrected chi connectivity index (χ1v) is 9.93. The zero-order valence-electron chi connectivity index (χ0n) is 14.4. The summed E-state index contributed by atoms with van der Waals surface area (Å²) < 4.78 is 46.8. The van der Waals surface area contributed by atoms with E-state index in [9.17, 15) is 12.8 Å². The summed E-state index contributed by atoms with van der Waals surface area (Å²) in [7, 11) is -2.16. The summed E-state index contributed by atoms with van der Waals surface area (Å²) in [5.74, 6) is 0.148.